The van der Waals surface area contributed by atoms with E-state index in [4.69, 9.17) is 9.47 Å². The Morgan fingerprint density at radius 2 is 1.86 bits per heavy atom. The minimum absolute atomic E-state index is 0.273. The molecule has 1 unspecified atom stereocenters. The standard InChI is InChI=1S/C23H18FNO4/c24-17-10-8-15(9-11-17)14-28-19-6-3-5-18(13-19)25-22(26)21-12-16-4-1-2-7-20(16)23(27)29-21/h1-11,13,21H,12,14H2,(H,25,26). The summed E-state index contributed by atoms with van der Waals surface area (Å²) < 4.78 is 24.0. The van der Waals surface area contributed by atoms with Crippen molar-refractivity contribution >= 4 is 17.6 Å². The minimum Gasteiger partial charge on any atom is -0.489 e. The summed E-state index contributed by atoms with van der Waals surface area (Å²) in [5, 5.41) is 2.76. The third-order valence-corrected chi connectivity index (χ3v) is 4.60. The zero-order valence-electron chi connectivity index (χ0n) is 15.4. The fourth-order valence-corrected chi connectivity index (χ4v) is 3.11. The van der Waals surface area contributed by atoms with Gasteiger partial charge in [-0.1, -0.05) is 36.4 Å². The van der Waals surface area contributed by atoms with Gasteiger partial charge in [-0.15, -0.1) is 0 Å². The molecule has 1 aliphatic rings. The van der Waals surface area contributed by atoms with Gasteiger partial charge in [-0.05, 0) is 41.5 Å². The van der Waals surface area contributed by atoms with E-state index < -0.39 is 18.0 Å². The van der Waals surface area contributed by atoms with Crippen LogP contribution in [0.5, 0.6) is 5.75 Å². The minimum atomic E-state index is -0.888. The molecular formula is C23H18FNO4. The van der Waals surface area contributed by atoms with Crippen molar-refractivity contribution < 1.29 is 23.5 Å². The van der Waals surface area contributed by atoms with Crippen molar-refractivity contribution in [2.24, 2.45) is 0 Å². The molecule has 0 fully saturated rings. The molecule has 1 heterocycles. The Hall–Kier alpha value is -3.67. The summed E-state index contributed by atoms with van der Waals surface area (Å²) >= 11 is 0. The molecule has 0 saturated carbocycles. The predicted octanol–water partition coefficient (Wildman–Crippen LogP) is 4.12. The van der Waals surface area contributed by atoms with Gasteiger partial charge in [0.15, 0.2) is 6.10 Å². The molecule has 3 aromatic rings. The maximum Gasteiger partial charge on any atom is 0.339 e. The van der Waals surface area contributed by atoms with E-state index in [-0.39, 0.29) is 12.4 Å². The highest BCUT2D eigenvalue weighted by molar-refractivity contribution is 6.00. The lowest BCUT2D eigenvalue weighted by Crippen LogP contribution is -2.37. The van der Waals surface area contributed by atoms with E-state index in [1.165, 1.54) is 12.1 Å². The second-order valence-electron chi connectivity index (χ2n) is 6.69. The van der Waals surface area contributed by atoms with Gasteiger partial charge in [0.25, 0.3) is 5.91 Å². The van der Waals surface area contributed by atoms with Crippen LogP contribution in [0, 0.1) is 5.82 Å². The van der Waals surface area contributed by atoms with Gasteiger partial charge in [0.1, 0.15) is 18.2 Å². The molecule has 0 radical (unpaired) electrons. The first-order valence-electron chi connectivity index (χ1n) is 9.15. The van der Waals surface area contributed by atoms with Gasteiger partial charge in [0, 0.05) is 18.2 Å². The normalized spacial score (nSPS) is 15.2. The van der Waals surface area contributed by atoms with Gasteiger partial charge in [0.05, 0.1) is 5.56 Å². The van der Waals surface area contributed by atoms with Crippen molar-refractivity contribution in [2.45, 2.75) is 19.1 Å². The van der Waals surface area contributed by atoms with E-state index in [0.717, 1.165) is 11.1 Å². The van der Waals surface area contributed by atoms with Crippen LogP contribution < -0.4 is 10.1 Å². The Morgan fingerprint density at radius 1 is 1.07 bits per heavy atom. The third-order valence-electron chi connectivity index (χ3n) is 4.60. The summed E-state index contributed by atoms with van der Waals surface area (Å²) in [5.41, 5.74) is 2.64. The number of cyclic esters (lactones) is 1. The number of hydrogen-bond donors (Lipinski definition) is 1. The van der Waals surface area contributed by atoms with E-state index in [0.29, 0.717) is 23.4 Å². The van der Waals surface area contributed by atoms with Crippen molar-refractivity contribution in [1.82, 2.24) is 0 Å². The lowest BCUT2D eigenvalue weighted by molar-refractivity contribution is -0.125. The maximum absolute atomic E-state index is 13.0. The number of hydrogen-bond acceptors (Lipinski definition) is 4. The molecule has 1 amide bonds. The number of anilines is 1. The average molecular weight is 391 g/mol. The second-order valence-corrected chi connectivity index (χ2v) is 6.69. The number of carbonyl (C=O) groups is 2. The Kier molecular flexibility index (Phi) is 5.24. The molecule has 3 aromatic carbocycles. The summed E-state index contributed by atoms with van der Waals surface area (Å²) in [7, 11) is 0. The lowest BCUT2D eigenvalue weighted by Gasteiger charge is -2.23. The number of rotatable bonds is 5. The van der Waals surface area contributed by atoms with Gasteiger partial charge in [-0.25, -0.2) is 9.18 Å². The summed E-state index contributed by atoms with van der Waals surface area (Å²) in [5.74, 6) is -0.644. The number of esters is 1. The maximum atomic E-state index is 13.0. The smallest absolute Gasteiger partial charge is 0.339 e. The number of nitrogens with one attached hydrogen (secondary N) is 1. The van der Waals surface area contributed by atoms with Gasteiger partial charge in [0.2, 0.25) is 0 Å². The van der Waals surface area contributed by atoms with Crippen LogP contribution in [0.3, 0.4) is 0 Å². The topological polar surface area (TPSA) is 64.6 Å². The monoisotopic (exact) mass is 391 g/mol. The van der Waals surface area contributed by atoms with Crippen LogP contribution in [0.15, 0.2) is 72.8 Å². The SMILES string of the molecule is O=C1OC(C(=O)Nc2cccc(OCc3ccc(F)cc3)c2)Cc2ccccc21. The largest absolute Gasteiger partial charge is 0.489 e. The molecule has 6 heteroatoms. The number of carbonyl (C=O) groups excluding carboxylic acids is 2. The van der Waals surface area contributed by atoms with Crippen LogP contribution >= 0.6 is 0 Å². The zero-order valence-corrected chi connectivity index (χ0v) is 15.4. The van der Waals surface area contributed by atoms with Crippen molar-refractivity contribution in [3.8, 4) is 5.75 Å². The van der Waals surface area contributed by atoms with Crippen molar-refractivity contribution in [3.63, 3.8) is 0 Å². The molecule has 0 spiro atoms. The van der Waals surface area contributed by atoms with E-state index >= 15 is 0 Å². The lowest BCUT2D eigenvalue weighted by atomic mass is 9.98. The van der Waals surface area contributed by atoms with Crippen molar-refractivity contribution in [1.29, 1.82) is 0 Å². The first-order chi connectivity index (χ1) is 14.1. The molecule has 4 rings (SSSR count). The number of fused-ring (bicyclic) bond motifs is 1. The van der Waals surface area contributed by atoms with Crippen LogP contribution in [0.1, 0.15) is 21.5 Å². The molecule has 0 bridgehead atoms. The Balaban J connectivity index is 1.39. The summed E-state index contributed by atoms with van der Waals surface area (Å²) in [6, 6.07) is 20.1. The molecule has 1 atom stereocenters. The summed E-state index contributed by atoms with van der Waals surface area (Å²) in [4.78, 5) is 24.7. The molecule has 0 aliphatic carbocycles. The fraction of sp³-hybridized carbons (Fsp3) is 0.130. The van der Waals surface area contributed by atoms with Crippen molar-refractivity contribution in [3.05, 3.63) is 95.3 Å². The molecule has 5 nitrogen and oxygen atoms in total. The number of benzene rings is 3. The molecule has 0 saturated heterocycles. The van der Waals surface area contributed by atoms with E-state index in [1.54, 1.807) is 48.5 Å². The highest BCUT2D eigenvalue weighted by Crippen LogP contribution is 2.23. The zero-order chi connectivity index (χ0) is 20.2. The Bertz CT molecular complexity index is 1050. The average Bonchev–Trinajstić information content (AvgIpc) is 2.73. The van der Waals surface area contributed by atoms with Crippen LogP contribution in [0.25, 0.3) is 0 Å². The highest BCUT2D eigenvalue weighted by atomic mass is 19.1. The summed E-state index contributed by atoms with van der Waals surface area (Å²) in [6.45, 7) is 0.273. The molecule has 1 aliphatic heterocycles. The summed E-state index contributed by atoms with van der Waals surface area (Å²) in [6.07, 6.45) is -0.560. The quantitative estimate of drug-likeness (QED) is 0.665. The van der Waals surface area contributed by atoms with Gasteiger partial charge in [-0.2, -0.15) is 0 Å². The van der Waals surface area contributed by atoms with E-state index in [9.17, 15) is 14.0 Å². The van der Waals surface area contributed by atoms with Crippen molar-refractivity contribution in [2.75, 3.05) is 5.32 Å². The highest BCUT2D eigenvalue weighted by Gasteiger charge is 2.31. The van der Waals surface area contributed by atoms with Crippen LogP contribution in [0.2, 0.25) is 0 Å². The number of halogens is 1. The molecule has 146 valence electrons. The van der Waals surface area contributed by atoms with Gasteiger partial charge >= 0.3 is 5.97 Å². The first-order valence-corrected chi connectivity index (χ1v) is 9.15. The molecular weight excluding hydrogens is 373 g/mol. The van der Waals surface area contributed by atoms with E-state index in [1.807, 2.05) is 12.1 Å². The predicted molar refractivity (Wildman–Crippen MR) is 105 cm³/mol. The molecule has 0 aromatic heterocycles. The van der Waals surface area contributed by atoms with Crippen LogP contribution in [-0.4, -0.2) is 18.0 Å². The Morgan fingerprint density at radius 3 is 2.69 bits per heavy atom. The second kappa shape index (κ2) is 8.14. The molecule has 1 N–H and O–H groups in total. The number of amides is 1. The third kappa shape index (κ3) is 4.43. The molecule has 29 heavy (non-hydrogen) atoms. The fourth-order valence-electron chi connectivity index (χ4n) is 3.11. The van der Waals surface area contributed by atoms with Gasteiger partial charge in [-0.3, -0.25) is 4.79 Å². The Labute approximate surface area is 167 Å². The first kappa shape index (κ1) is 18.7. The van der Waals surface area contributed by atoms with E-state index in [2.05, 4.69) is 5.32 Å². The van der Waals surface area contributed by atoms with Gasteiger partial charge < -0.3 is 14.8 Å². The van der Waals surface area contributed by atoms with Crippen LogP contribution in [0.4, 0.5) is 10.1 Å². The number of ether oxygens (including phenoxy) is 2. The van der Waals surface area contributed by atoms with Crippen LogP contribution in [-0.2, 0) is 22.6 Å².